The SMILES string of the molecule is C=CC(=O)N1CCN(c2nc(C(=N/C=C/CCC)Nc3ccc(OC4=CC(=C)N(/N=C\C)C=C4)c(C)c3)c(C)cc2OC)CC1.CCCC.CSC. The Morgan fingerprint density at radius 2 is 1.73 bits per heavy atom. The third kappa shape index (κ3) is 13.4. The van der Waals surface area contributed by atoms with Gasteiger partial charge in [0.2, 0.25) is 5.91 Å². The zero-order chi connectivity index (χ0) is 38.5. The highest BCUT2D eigenvalue weighted by Gasteiger charge is 2.25. The number of carbonyl (C=O) groups excluding carboxylic acids is 1. The Kier molecular flexibility index (Phi) is 19.7. The van der Waals surface area contributed by atoms with E-state index in [9.17, 15) is 4.79 Å². The lowest BCUT2D eigenvalue weighted by atomic mass is 10.1. The van der Waals surface area contributed by atoms with Gasteiger partial charge in [-0.1, -0.05) is 59.3 Å². The number of aliphatic imine (C=N–C) groups is 1. The van der Waals surface area contributed by atoms with Gasteiger partial charge in [0.05, 0.1) is 12.8 Å². The van der Waals surface area contributed by atoms with Crippen LogP contribution in [0.15, 0.2) is 95.7 Å². The van der Waals surface area contributed by atoms with Crippen molar-refractivity contribution < 1.29 is 14.3 Å². The maximum atomic E-state index is 12.1. The number of piperazine rings is 1. The van der Waals surface area contributed by atoms with Crippen molar-refractivity contribution in [1.82, 2.24) is 14.9 Å². The van der Waals surface area contributed by atoms with Gasteiger partial charge in [-0.3, -0.25) is 4.79 Å². The van der Waals surface area contributed by atoms with E-state index in [1.54, 1.807) is 35.0 Å². The molecule has 1 N–H and O–H groups in total. The second-order valence-electron chi connectivity index (χ2n) is 12.0. The second kappa shape index (κ2) is 23.7. The molecule has 2 aliphatic heterocycles. The van der Waals surface area contributed by atoms with E-state index in [4.69, 9.17) is 19.5 Å². The van der Waals surface area contributed by atoms with Gasteiger partial charge in [0.25, 0.3) is 0 Å². The van der Waals surface area contributed by atoms with Crippen LogP contribution in [0.3, 0.4) is 0 Å². The third-order valence-corrected chi connectivity index (χ3v) is 7.82. The molecule has 0 radical (unpaired) electrons. The zero-order valence-corrected chi connectivity index (χ0v) is 33.6. The lowest BCUT2D eigenvalue weighted by molar-refractivity contribution is -0.126. The molecule has 0 bridgehead atoms. The summed E-state index contributed by atoms with van der Waals surface area (Å²) < 4.78 is 11.9. The molecule has 52 heavy (non-hydrogen) atoms. The highest BCUT2D eigenvalue weighted by Crippen LogP contribution is 2.31. The number of hydrogen-bond acceptors (Lipinski definition) is 9. The maximum Gasteiger partial charge on any atom is 0.246 e. The summed E-state index contributed by atoms with van der Waals surface area (Å²) in [6.07, 6.45) is 21.1. The summed E-state index contributed by atoms with van der Waals surface area (Å²) in [5, 5.41) is 9.43. The molecule has 0 aliphatic carbocycles. The molecule has 0 unspecified atom stereocenters. The smallest absolute Gasteiger partial charge is 0.246 e. The topological polar surface area (TPSA) is 94.9 Å². The van der Waals surface area contributed by atoms with Gasteiger partial charge in [-0.05, 0) is 87.2 Å². The number of carbonyl (C=O) groups is 1. The Labute approximate surface area is 316 Å². The molecule has 0 saturated carbocycles. The molecule has 282 valence electrons. The van der Waals surface area contributed by atoms with Crippen molar-refractivity contribution in [3.63, 3.8) is 0 Å². The number of ether oxygens (including phenoxy) is 2. The van der Waals surface area contributed by atoms with Gasteiger partial charge < -0.3 is 24.6 Å². The quantitative estimate of drug-likeness (QED) is 0.131. The van der Waals surface area contributed by atoms with Crippen LogP contribution in [-0.2, 0) is 4.79 Å². The van der Waals surface area contributed by atoms with Crippen molar-refractivity contribution in [1.29, 1.82) is 0 Å². The highest BCUT2D eigenvalue weighted by atomic mass is 32.2. The van der Waals surface area contributed by atoms with E-state index < -0.39 is 0 Å². The lowest BCUT2D eigenvalue weighted by Crippen LogP contribution is -2.48. The lowest BCUT2D eigenvalue weighted by Gasteiger charge is -2.35. The molecular weight excluding hydrogens is 671 g/mol. The Hall–Kier alpha value is -4.77. The highest BCUT2D eigenvalue weighted by molar-refractivity contribution is 7.97. The Morgan fingerprint density at radius 3 is 2.29 bits per heavy atom. The Bertz CT molecular complexity index is 1620. The minimum Gasteiger partial charge on any atom is -0.493 e. The van der Waals surface area contributed by atoms with Gasteiger partial charge in [-0.2, -0.15) is 16.9 Å². The van der Waals surface area contributed by atoms with Crippen LogP contribution in [0, 0.1) is 13.8 Å². The second-order valence-corrected chi connectivity index (χ2v) is 12.9. The van der Waals surface area contributed by atoms with Crippen LogP contribution < -0.4 is 19.7 Å². The molecule has 10 nitrogen and oxygen atoms in total. The molecule has 1 fully saturated rings. The number of aromatic nitrogens is 1. The summed E-state index contributed by atoms with van der Waals surface area (Å²) in [6, 6.07) is 7.89. The number of amidine groups is 1. The molecule has 1 aromatic heterocycles. The van der Waals surface area contributed by atoms with E-state index in [0.717, 1.165) is 41.2 Å². The molecule has 4 rings (SSSR count). The molecule has 11 heteroatoms. The van der Waals surface area contributed by atoms with Crippen LogP contribution in [0.4, 0.5) is 11.5 Å². The molecule has 2 aliphatic rings. The van der Waals surface area contributed by atoms with Gasteiger partial charge in [0.1, 0.15) is 17.2 Å². The van der Waals surface area contributed by atoms with Crippen molar-refractivity contribution in [3.05, 3.63) is 102 Å². The molecule has 0 atom stereocenters. The zero-order valence-electron chi connectivity index (χ0n) is 32.7. The van der Waals surface area contributed by atoms with Crippen molar-refractivity contribution in [2.75, 3.05) is 56.0 Å². The molecular formula is C41H59N7O3S. The number of allylic oxidation sites excluding steroid dienone is 3. The number of nitrogens with one attached hydrogen (secondary N) is 1. The first kappa shape index (κ1) is 43.4. The van der Waals surface area contributed by atoms with E-state index in [1.807, 2.05) is 88.2 Å². The first-order valence-electron chi connectivity index (χ1n) is 17.9. The van der Waals surface area contributed by atoms with E-state index in [2.05, 4.69) is 49.2 Å². The van der Waals surface area contributed by atoms with Gasteiger partial charge in [0.15, 0.2) is 17.4 Å². The van der Waals surface area contributed by atoms with Gasteiger partial charge in [0, 0.05) is 56.6 Å². The third-order valence-electron chi connectivity index (χ3n) is 7.82. The fourth-order valence-electron chi connectivity index (χ4n) is 4.91. The molecule has 2 aromatic rings. The number of rotatable bonds is 12. The van der Waals surface area contributed by atoms with Gasteiger partial charge in [-0.25, -0.2) is 15.0 Å². The van der Waals surface area contributed by atoms with E-state index in [1.165, 1.54) is 18.9 Å². The van der Waals surface area contributed by atoms with E-state index >= 15 is 0 Å². The first-order chi connectivity index (χ1) is 25.1. The van der Waals surface area contributed by atoms with Gasteiger partial charge >= 0.3 is 0 Å². The average molecular weight is 730 g/mol. The monoisotopic (exact) mass is 729 g/mol. The maximum absolute atomic E-state index is 12.1. The average Bonchev–Trinajstić information content (AvgIpc) is 3.15. The normalized spacial score (nSPS) is 14.4. The van der Waals surface area contributed by atoms with E-state index in [-0.39, 0.29) is 5.91 Å². The van der Waals surface area contributed by atoms with Crippen molar-refractivity contribution in [3.8, 4) is 11.5 Å². The number of unbranched alkanes of at least 4 members (excludes halogenated alkanes) is 2. The number of amides is 1. The molecule has 1 saturated heterocycles. The number of benzene rings is 1. The van der Waals surface area contributed by atoms with Crippen LogP contribution in [0.5, 0.6) is 11.5 Å². The largest absolute Gasteiger partial charge is 0.493 e. The number of thioether (sulfide) groups is 1. The predicted octanol–water partition coefficient (Wildman–Crippen LogP) is 9.11. The van der Waals surface area contributed by atoms with Crippen molar-refractivity contribution in [2.45, 2.75) is 67.2 Å². The fraction of sp³-hybridized carbons (Fsp3) is 0.415. The first-order valence-corrected chi connectivity index (χ1v) is 19.5. The summed E-state index contributed by atoms with van der Waals surface area (Å²) in [5.41, 5.74) is 4.14. The van der Waals surface area contributed by atoms with E-state index in [0.29, 0.717) is 54.9 Å². The number of hydrogen-bond donors (Lipinski definition) is 1. The van der Waals surface area contributed by atoms with Crippen LogP contribution in [-0.4, -0.2) is 78.7 Å². The van der Waals surface area contributed by atoms with Crippen molar-refractivity contribution in [2.24, 2.45) is 10.1 Å². The fourth-order valence-corrected chi connectivity index (χ4v) is 4.91. The molecule has 3 heterocycles. The van der Waals surface area contributed by atoms with Crippen molar-refractivity contribution >= 4 is 41.2 Å². The number of methoxy groups -OCH3 is 1. The number of nitrogens with zero attached hydrogens (tertiary/aromatic N) is 6. The van der Waals surface area contributed by atoms with Crippen LogP contribution in [0.25, 0.3) is 0 Å². The Balaban J connectivity index is 0.00000123. The van der Waals surface area contributed by atoms with Gasteiger partial charge in [-0.15, -0.1) is 0 Å². The summed E-state index contributed by atoms with van der Waals surface area (Å²) in [7, 11) is 1.65. The molecule has 1 amide bonds. The summed E-state index contributed by atoms with van der Waals surface area (Å²) >= 11 is 1.75. The molecule has 0 spiro atoms. The number of anilines is 2. The molecule has 1 aromatic carbocycles. The van der Waals surface area contributed by atoms with Crippen LogP contribution in [0.1, 0.15) is 70.2 Å². The van der Waals surface area contributed by atoms with Crippen LogP contribution in [0.2, 0.25) is 0 Å². The minimum absolute atomic E-state index is 0.0610. The summed E-state index contributed by atoms with van der Waals surface area (Å²) in [6.45, 7) is 22.4. The standard InChI is InChI=1S/C35H43N7O3.C4H10.C2H6S/c1-8-11-12-16-36-34(33-26(5)23-31(44-7)35(39-33)41-20-18-40(19-21-41)32(43)9-2)38-28-13-14-30(25(4)22-28)45-29-15-17-42(37-10-3)27(6)24-29;1-3-4-2;1-3-2/h9-10,12-17,22-24H,2,6,8,11,18-21H2,1,3-5,7H3,(H,36,38);3-4H2,1-2H3;1-2H3/b16-12+,37-10-;;. The van der Waals surface area contributed by atoms with Crippen LogP contribution >= 0.6 is 11.8 Å². The summed E-state index contributed by atoms with van der Waals surface area (Å²) in [5.74, 6) is 3.35. The minimum atomic E-state index is -0.0610. The summed E-state index contributed by atoms with van der Waals surface area (Å²) in [4.78, 5) is 26.0. The Morgan fingerprint density at radius 1 is 1.04 bits per heavy atom. The number of hydrazone groups is 1. The number of aryl methyl sites for hydroxylation is 2. The number of pyridine rings is 1. The predicted molar refractivity (Wildman–Crippen MR) is 223 cm³/mol.